The SMILES string of the molecule is CC(C)N1CCN(c2ccc(Nc3ncc4cc5n(c4n3)C3(CCCC3)CNC5)nc2)CC1. The molecular formula is C25H34N8. The van der Waals surface area contributed by atoms with Crippen molar-refractivity contribution in [3.05, 3.63) is 36.3 Å². The second-order valence-corrected chi connectivity index (χ2v) is 10.1. The van der Waals surface area contributed by atoms with Gasteiger partial charge < -0.3 is 20.1 Å². The summed E-state index contributed by atoms with van der Waals surface area (Å²) < 4.78 is 2.51. The Labute approximate surface area is 195 Å². The van der Waals surface area contributed by atoms with Crippen LogP contribution in [-0.2, 0) is 12.1 Å². The van der Waals surface area contributed by atoms with Gasteiger partial charge in [0.1, 0.15) is 11.5 Å². The fourth-order valence-electron chi connectivity index (χ4n) is 5.96. The maximum Gasteiger partial charge on any atom is 0.230 e. The van der Waals surface area contributed by atoms with Crippen LogP contribution in [0.1, 0.15) is 45.2 Å². The summed E-state index contributed by atoms with van der Waals surface area (Å²) in [6.07, 6.45) is 8.93. The highest BCUT2D eigenvalue weighted by Crippen LogP contribution is 2.41. The minimum atomic E-state index is 0.167. The lowest BCUT2D eigenvalue weighted by Gasteiger charge is -2.38. The first-order chi connectivity index (χ1) is 16.1. The van der Waals surface area contributed by atoms with E-state index in [2.05, 4.69) is 60.9 Å². The number of pyridine rings is 1. The third-order valence-corrected chi connectivity index (χ3v) is 7.78. The van der Waals surface area contributed by atoms with E-state index >= 15 is 0 Å². The van der Waals surface area contributed by atoms with Crippen molar-refractivity contribution in [1.29, 1.82) is 0 Å². The van der Waals surface area contributed by atoms with Crippen LogP contribution >= 0.6 is 0 Å². The van der Waals surface area contributed by atoms with Crippen LogP contribution in [0, 0.1) is 0 Å². The molecule has 0 aromatic carbocycles. The zero-order chi connectivity index (χ0) is 22.4. The molecule has 2 N–H and O–H groups in total. The van der Waals surface area contributed by atoms with E-state index in [-0.39, 0.29) is 5.54 Å². The summed E-state index contributed by atoms with van der Waals surface area (Å²) in [5.74, 6) is 1.39. The van der Waals surface area contributed by atoms with Gasteiger partial charge in [-0.25, -0.2) is 9.97 Å². The Balaban J connectivity index is 1.21. The van der Waals surface area contributed by atoms with Crippen LogP contribution in [0.5, 0.6) is 0 Å². The number of fused-ring (bicyclic) bond motifs is 4. The third kappa shape index (κ3) is 3.75. The molecule has 174 valence electrons. The molecule has 0 atom stereocenters. The fourth-order valence-corrected chi connectivity index (χ4v) is 5.96. The highest BCUT2D eigenvalue weighted by Gasteiger charge is 2.40. The molecule has 2 fully saturated rings. The van der Waals surface area contributed by atoms with Gasteiger partial charge in [0.05, 0.1) is 17.4 Å². The first-order valence-corrected chi connectivity index (χ1v) is 12.4. The summed E-state index contributed by atoms with van der Waals surface area (Å²) in [5, 5.41) is 8.08. The van der Waals surface area contributed by atoms with Crippen LogP contribution in [-0.4, -0.2) is 63.2 Å². The van der Waals surface area contributed by atoms with E-state index in [1.807, 2.05) is 18.5 Å². The van der Waals surface area contributed by atoms with Crippen molar-refractivity contribution in [3.63, 3.8) is 0 Å². The summed E-state index contributed by atoms with van der Waals surface area (Å²) in [6, 6.07) is 7.04. The number of aromatic nitrogens is 4. The van der Waals surface area contributed by atoms with Crippen LogP contribution in [0.3, 0.4) is 0 Å². The van der Waals surface area contributed by atoms with Crippen molar-refractivity contribution in [2.75, 3.05) is 42.9 Å². The Kier molecular flexibility index (Phi) is 5.22. The van der Waals surface area contributed by atoms with Crippen LogP contribution in [0.15, 0.2) is 30.6 Å². The lowest BCUT2D eigenvalue weighted by Crippen LogP contribution is -2.48. The van der Waals surface area contributed by atoms with E-state index in [1.54, 1.807) is 0 Å². The van der Waals surface area contributed by atoms with E-state index in [4.69, 9.17) is 4.98 Å². The van der Waals surface area contributed by atoms with Crippen molar-refractivity contribution in [2.24, 2.45) is 0 Å². The van der Waals surface area contributed by atoms with Gasteiger partial charge in [-0.05, 0) is 44.9 Å². The highest BCUT2D eigenvalue weighted by molar-refractivity contribution is 5.78. The molecule has 33 heavy (non-hydrogen) atoms. The lowest BCUT2D eigenvalue weighted by molar-refractivity contribution is 0.209. The van der Waals surface area contributed by atoms with Crippen molar-refractivity contribution in [1.82, 2.24) is 29.7 Å². The molecule has 1 aliphatic carbocycles. The second kappa shape index (κ2) is 8.25. The molecular weight excluding hydrogens is 412 g/mol. The summed E-state index contributed by atoms with van der Waals surface area (Å²) in [6.45, 7) is 10.8. The normalized spacial score (nSPS) is 20.6. The van der Waals surface area contributed by atoms with Gasteiger partial charge in [0.25, 0.3) is 0 Å². The van der Waals surface area contributed by atoms with Gasteiger partial charge in [0, 0.05) is 62.6 Å². The Hall–Kier alpha value is -2.71. The van der Waals surface area contributed by atoms with Gasteiger partial charge in [-0.2, -0.15) is 4.98 Å². The molecule has 5 heterocycles. The molecule has 8 heteroatoms. The van der Waals surface area contributed by atoms with Gasteiger partial charge in [0.2, 0.25) is 5.95 Å². The van der Waals surface area contributed by atoms with Crippen LogP contribution in [0.2, 0.25) is 0 Å². The van der Waals surface area contributed by atoms with Gasteiger partial charge in [-0.1, -0.05) is 12.8 Å². The van der Waals surface area contributed by atoms with E-state index < -0.39 is 0 Å². The quantitative estimate of drug-likeness (QED) is 0.636. The number of rotatable bonds is 4. The fraction of sp³-hybridized carbons (Fsp3) is 0.560. The summed E-state index contributed by atoms with van der Waals surface area (Å²) in [7, 11) is 0. The van der Waals surface area contributed by atoms with Crippen molar-refractivity contribution in [3.8, 4) is 0 Å². The lowest BCUT2D eigenvalue weighted by atomic mass is 9.95. The average Bonchev–Trinajstić information content (AvgIpc) is 3.45. The Morgan fingerprint density at radius 1 is 1.03 bits per heavy atom. The number of hydrogen-bond acceptors (Lipinski definition) is 7. The highest BCUT2D eigenvalue weighted by atomic mass is 15.3. The number of hydrogen-bond donors (Lipinski definition) is 2. The zero-order valence-corrected chi connectivity index (χ0v) is 19.7. The summed E-state index contributed by atoms with van der Waals surface area (Å²) in [4.78, 5) is 19.2. The predicted octanol–water partition coefficient (Wildman–Crippen LogP) is 3.47. The third-order valence-electron chi connectivity index (χ3n) is 7.78. The molecule has 0 amide bonds. The second-order valence-electron chi connectivity index (χ2n) is 10.1. The Morgan fingerprint density at radius 3 is 2.58 bits per heavy atom. The number of anilines is 3. The van der Waals surface area contributed by atoms with Crippen molar-refractivity contribution in [2.45, 2.75) is 57.7 Å². The minimum Gasteiger partial charge on any atom is -0.368 e. The Morgan fingerprint density at radius 2 is 1.85 bits per heavy atom. The topological polar surface area (TPSA) is 74.1 Å². The smallest absolute Gasteiger partial charge is 0.230 e. The van der Waals surface area contributed by atoms with E-state index in [1.165, 1.54) is 37.1 Å². The molecule has 3 aliphatic rings. The van der Waals surface area contributed by atoms with Crippen LogP contribution in [0.25, 0.3) is 11.0 Å². The molecule has 3 aromatic rings. The molecule has 1 spiro atoms. The van der Waals surface area contributed by atoms with Crippen LogP contribution in [0.4, 0.5) is 17.5 Å². The monoisotopic (exact) mass is 446 g/mol. The number of nitrogens with one attached hydrogen (secondary N) is 2. The van der Waals surface area contributed by atoms with E-state index in [0.717, 1.165) is 56.1 Å². The number of piperazine rings is 1. The van der Waals surface area contributed by atoms with Crippen LogP contribution < -0.4 is 15.5 Å². The van der Waals surface area contributed by atoms with Gasteiger partial charge in [-0.3, -0.25) is 4.90 Å². The molecule has 8 nitrogen and oxygen atoms in total. The molecule has 0 unspecified atom stereocenters. The first kappa shape index (κ1) is 20.9. The standard InChI is InChI=1S/C25H34N8/c1-18(2)31-9-11-32(12-10-31)20-5-6-22(27-16-20)29-24-28-14-19-13-21-15-26-17-25(7-3-4-8-25)33(21)23(19)30-24/h5-6,13-14,16,18,26H,3-4,7-12,15,17H2,1-2H3,(H,27,28,29,30). The van der Waals surface area contributed by atoms with Gasteiger partial charge in [0.15, 0.2) is 0 Å². The largest absolute Gasteiger partial charge is 0.368 e. The molecule has 3 aromatic heterocycles. The molecule has 0 bridgehead atoms. The van der Waals surface area contributed by atoms with E-state index in [9.17, 15) is 0 Å². The van der Waals surface area contributed by atoms with Gasteiger partial charge >= 0.3 is 0 Å². The first-order valence-electron chi connectivity index (χ1n) is 12.4. The van der Waals surface area contributed by atoms with Crippen molar-refractivity contribution < 1.29 is 0 Å². The number of nitrogens with zero attached hydrogens (tertiary/aromatic N) is 6. The summed E-state index contributed by atoms with van der Waals surface area (Å²) >= 11 is 0. The maximum atomic E-state index is 4.96. The summed E-state index contributed by atoms with van der Waals surface area (Å²) in [5.41, 5.74) is 3.72. The van der Waals surface area contributed by atoms with Crippen molar-refractivity contribution >= 4 is 28.5 Å². The van der Waals surface area contributed by atoms with E-state index in [0.29, 0.717) is 12.0 Å². The minimum absolute atomic E-state index is 0.167. The molecule has 2 aliphatic heterocycles. The molecule has 1 saturated carbocycles. The average molecular weight is 447 g/mol. The molecule has 1 saturated heterocycles. The molecule has 6 rings (SSSR count). The maximum absolute atomic E-state index is 4.96. The predicted molar refractivity (Wildman–Crippen MR) is 132 cm³/mol. The zero-order valence-electron chi connectivity index (χ0n) is 19.7. The Bertz CT molecular complexity index is 1120. The van der Waals surface area contributed by atoms with Gasteiger partial charge in [-0.15, -0.1) is 0 Å². The molecule has 0 radical (unpaired) electrons.